The van der Waals surface area contributed by atoms with Gasteiger partial charge in [-0.15, -0.1) is 0 Å². The zero-order valence-corrected chi connectivity index (χ0v) is 11.2. The molecule has 0 aliphatic rings. The summed E-state index contributed by atoms with van der Waals surface area (Å²) in [6, 6.07) is 6.05. The molecule has 4 nitrogen and oxygen atoms in total. The molecule has 0 bridgehead atoms. The van der Waals surface area contributed by atoms with Crippen molar-refractivity contribution in [1.29, 1.82) is 0 Å². The Bertz CT molecular complexity index is 828. The van der Waals surface area contributed by atoms with E-state index in [1.54, 1.807) is 29.9 Å². The van der Waals surface area contributed by atoms with E-state index in [9.17, 15) is 9.18 Å². The minimum atomic E-state index is -0.438. The van der Waals surface area contributed by atoms with E-state index in [4.69, 9.17) is 11.6 Å². The lowest BCUT2D eigenvalue weighted by Gasteiger charge is -2.00. The van der Waals surface area contributed by atoms with Crippen molar-refractivity contribution in [2.75, 3.05) is 0 Å². The van der Waals surface area contributed by atoms with E-state index in [0.29, 0.717) is 5.52 Å². The lowest BCUT2D eigenvalue weighted by Crippen LogP contribution is -2.04. The fourth-order valence-electron chi connectivity index (χ4n) is 2.17. The predicted molar refractivity (Wildman–Crippen MR) is 73.4 cm³/mol. The van der Waals surface area contributed by atoms with Crippen LogP contribution in [0, 0.1) is 5.82 Å². The minimum absolute atomic E-state index is 0.140. The predicted octanol–water partition coefficient (Wildman–Crippen LogP) is 2.99. The van der Waals surface area contributed by atoms with Crippen LogP contribution in [0.3, 0.4) is 0 Å². The molecule has 0 radical (unpaired) electrons. The number of aromatic nitrogens is 3. The first-order valence-corrected chi connectivity index (χ1v) is 6.21. The molecule has 0 saturated carbocycles. The molecule has 0 spiro atoms. The van der Waals surface area contributed by atoms with Crippen LogP contribution in [0.5, 0.6) is 0 Å². The maximum Gasteiger partial charge on any atom is 0.213 e. The molecule has 0 amide bonds. The molecular weight excluding hydrogens is 281 g/mol. The summed E-state index contributed by atoms with van der Waals surface area (Å²) < 4.78 is 15.7. The summed E-state index contributed by atoms with van der Waals surface area (Å²) in [5, 5.41) is 0.457. The number of carbonyl (C=O) groups excluding carboxylic acids is 1. The molecule has 6 heteroatoms. The zero-order valence-electron chi connectivity index (χ0n) is 10.5. The van der Waals surface area contributed by atoms with Gasteiger partial charge in [0.15, 0.2) is 0 Å². The monoisotopic (exact) mass is 289 g/mol. The summed E-state index contributed by atoms with van der Waals surface area (Å²) in [5.74, 6) is -0.823. The molecule has 2 heterocycles. The second kappa shape index (κ2) is 4.68. The minimum Gasteiger partial charge on any atom is -0.350 e. The SMILES string of the molecule is Cn1cc(C(=O)c2cc(Cl)ncn2)c2c(F)cccc21. The summed E-state index contributed by atoms with van der Waals surface area (Å²) in [5.41, 5.74) is 1.05. The van der Waals surface area contributed by atoms with Crippen molar-refractivity contribution in [2.45, 2.75) is 0 Å². The Morgan fingerprint density at radius 3 is 2.90 bits per heavy atom. The summed E-state index contributed by atoms with van der Waals surface area (Å²) >= 11 is 5.75. The van der Waals surface area contributed by atoms with Crippen LogP contribution < -0.4 is 0 Å². The average Bonchev–Trinajstić information content (AvgIpc) is 2.77. The summed E-state index contributed by atoms with van der Waals surface area (Å²) in [6.07, 6.45) is 2.79. The summed E-state index contributed by atoms with van der Waals surface area (Å²) in [6.45, 7) is 0. The lowest BCUT2D eigenvalue weighted by atomic mass is 10.1. The largest absolute Gasteiger partial charge is 0.350 e. The van der Waals surface area contributed by atoms with E-state index in [1.165, 1.54) is 18.5 Å². The Labute approximate surface area is 118 Å². The van der Waals surface area contributed by atoms with Gasteiger partial charge in [-0.2, -0.15) is 0 Å². The number of carbonyl (C=O) groups is 1. The molecule has 3 aromatic rings. The molecule has 0 saturated heterocycles. The molecule has 0 aliphatic carbocycles. The van der Waals surface area contributed by atoms with Gasteiger partial charge in [0.2, 0.25) is 5.78 Å². The molecule has 0 N–H and O–H groups in total. The van der Waals surface area contributed by atoms with Crippen molar-refractivity contribution < 1.29 is 9.18 Å². The number of nitrogens with zero attached hydrogens (tertiary/aromatic N) is 3. The first kappa shape index (κ1) is 12.7. The second-order valence-corrected chi connectivity index (χ2v) is 4.73. The van der Waals surface area contributed by atoms with Crippen LogP contribution in [0.4, 0.5) is 4.39 Å². The topological polar surface area (TPSA) is 47.8 Å². The third-order valence-corrected chi connectivity index (χ3v) is 3.28. The van der Waals surface area contributed by atoms with Gasteiger partial charge in [0, 0.05) is 24.7 Å². The van der Waals surface area contributed by atoms with Gasteiger partial charge in [-0.1, -0.05) is 17.7 Å². The first-order valence-electron chi connectivity index (χ1n) is 5.83. The van der Waals surface area contributed by atoms with E-state index in [1.807, 2.05) is 0 Å². The van der Waals surface area contributed by atoms with E-state index < -0.39 is 5.82 Å². The Morgan fingerprint density at radius 2 is 2.15 bits per heavy atom. The third kappa shape index (κ3) is 1.96. The molecule has 0 atom stereocenters. The smallest absolute Gasteiger partial charge is 0.213 e. The molecule has 3 rings (SSSR count). The van der Waals surface area contributed by atoms with Crippen LogP contribution >= 0.6 is 11.6 Å². The maximum atomic E-state index is 14.0. The highest BCUT2D eigenvalue weighted by molar-refractivity contribution is 6.30. The van der Waals surface area contributed by atoms with Gasteiger partial charge in [0.25, 0.3) is 0 Å². The fraction of sp³-hybridized carbons (Fsp3) is 0.0714. The Morgan fingerprint density at radius 1 is 1.35 bits per heavy atom. The molecule has 0 unspecified atom stereocenters. The van der Waals surface area contributed by atoms with Gasteiger partial charge < -0.3 is 4.57 Å². The van der Waals surface area contributed by atoms with E-state index >= 15 is 0 Å². The van der Waals surface area contributed by atoms with Crippen molar-refractivity contribution in [3.8, 4) is 0 Å². The molecule has 20 heavy (non-hydrogen) atoms. The van der Waals surface area contributed by atoms with Gasteiger partial charge in [0.05, 0.1) is 11.1 Å². The van der Waals surface area contributed by atoms with Crippen molar-refractivity contribution in [1.82, 2.24) is 14.5 Å². The molecule has 0 fully saturated rings. The number of benzene rings is 1. The normalized spacial score (nSPS) is 10.9. The van der Waals surface area contributed by atoms with Crippen LogP contribution in [0.1, 0.15) is 16.1 Å². The number of fused-ring (bicyclic) bond motifs is 1. The number of hydrogen-bond donors (Lipinski definition) is 0. The molecule has 2 aromatic heterocycles. The van der Waals surface area contributed by atoms with Gasteiger partial charge >= 0.3 is 0 Å². The van der Waals surface area contributed by atoms with Crippen molar-refractivity contribution in [3.63, 3.8) is 0 Å². The number of halogens is 2. The van der Waals surface area contributed by atoms with Crippen LogP contribution in [0.15, 0.2) is 36.8 Å². The molecular formula is C14H9ClFN3O. The van der Waals surface area contributed by atoms with Crippen LogP contribution in [-0.2, 0) is 7.05 Å². The van der Waals surface area contributed by atoms with Crippen LogP contribution in [-0.4, -0.2) is 20.3 Å². The van der Waals surface area contributed by atoms with Crippen molar-refractivity contribution in [3.05, 3.63) is 59.0 Å². The summed E-state index contributed by atoms with van der Waals surface area (Å²) in [4.78, 5) is 20.1. The number of aryl methyl sites for hydroxylation is 1. The number of hydrogen-bond acceptors (Lipinski definition) is 3. The van der Waals surface area contributed by atoms with E-state index in [0.717, 1.165) is 0 Å². The number of ketones is 1. The average molecular weight is 290 g/mol. The van der Waals surface area contributed by atoms with E-state index in [2.05, 4.69) is 9.97 Å². The maximum absolute atomic E-state index is 14.0. The van der Waals surface area contributed by atoms with Crippen molar-refractivity contribution in [2.24, 2.45) is 7.05 Å². The van der Waals surface area contributed by atoms with Crippen LogP contribution in [0.2, 0.25) is 5.15 Å². The first-order chi connectivity index (χ1) is 9.58. The lowest BCUT2D eigenvalue weighted by molar-refractivity contribution is 0.103. The third-order valence-electron chi connectivity index (χ3n) is 3.07. The molecule has 0 aliphatic heterocycles. The fourth-order valence-corrected chi connectivity index (χ4v) is 2.32. The second-order valence-electron chi connectivity index (χ2n) is 4.34. The summed E-state index contributed by atoms with van der Waals surface area (Å²) in [7, 11) is 1.76. The van der Waals surface area contributed by atoms with Gasteiger partial charge in [-0.05, 0) is 12.1 Å². The highest BCUT2D eigenvalue weighted by Gasteiger charge is 2.19. The molecule has 100 valence electrons. The Hall–Kier alpha value is -2.27. The highest BCUT2D eigenvalue weighted by Crippen LogP contribution is 2.25. The Kier molecular flexibility index (Phi) is 2.99. The van der Waals surface area contributed by atoms with Gasteiger partial charge in [0.1, 0.15) is 23.0 Å². The standard InChI is InChI=1S/C14H9ClFN3O/c1-19-6-8(13-9(16)3-2-4-11(13)19)14(20)10-5-12(15)18-7-17-10/h2-7H,1H3. The highest BCUT2D eigenvalue weighted by atomic mass is 35.5. The zero-order chi connectivity index (χ0) is 14.3. The van der Waals surface area contributed by atoms with Gasteiger partial charge in [-0.25, -0.2) is 14.4 Å². The van der Waals surface area contributed by atoms with Gasteiger partial charge in [-0.3, -0.25) is 4.79 Å². The van der Waals surface area contributed by atoms with E-state index in [-0.39, 0.29) is 27.6 Å². The quantitative estimate of drug-likeness (QED) is 0.538. The van der Waals surface area contributed by atoms with Crippen LogP contribution in [0.25, 0.3) is 10.9 Å². The number of rotatable bonds is 2. The molecule has 1 aromatic carbocycles. The van der Waals surface area contributed by atoms with Crippen molar-refractivity contribution >= 4 is 28.3 Å². The Balaban J connectivity index is 2.22.